The number of benzene rings is 3. The summed E-state index contributed by atoms with van der Waals surface area (Å²) >= 11 is 0. The van der Waals surface area contributed by atoms with E-state index >= 15 is 0 Å². The SMILES string of the molecule is CC(C)(N)C(=O)NC(Cc1c[nH]c2ccccc12)c1nnc(CCc2c[nH]c3ccccc23)n1Cc1ccccc1. The number of aromatic nitrogens is 5. The number of hydrogen-bond donors (Lipinski definition) is 4. The van der Waals surface area contributed by atoms with Gasteiger partial charge >= 0.3 is 0 Å². The molecule has 0 bridgehead atoms. The Morgan fingerprint density at radius 3 is 2.15 bits per heavy atom. The van der Waals surface area contributed by atoms with E-state index in [0.717, 1.165) is 39.8 Å². The molecule has 3 aromatic carbocycles. The number of nitrogens with two attached hydrogens (primary N) is 1. The van der Waals surface area contributed by atoms with Gasteiger partial charge < -0.3 is 25.6 Å². The van der Waals surface area contributed by atoms with Crippen LogP contribution in [0.1, 0.15) is 48.2 Å². The van der Waals surface area contributed by atoms with E-state index in [1.54, 1.807) is 13.8 Å². The molecule has 6 aromatic rings. The van der Waals surface area contributed by atoms with Gasteiger partial charge in [-0.15, -0.1) is 10.2 Å². The van der Waals surface area contributed by atoms with Gasteiger partial charge in [-0.2, -0.15) is 0 Å². The molecule has 41 heavy (non-hydrogen) atoms. The minimum absolute atomic E-state index is 0.239. The molecule has 3 heterocycles. The van der Waals surface area contributed by atoms with E-state index in [1.807, 2.05) is 42.6 Å². The standard InChI is InChI=1S/C33H35N7O/c1-33(2,34)32(41)37-29(18-24-20-36-28-15-9-7-13-26(24)28)31-39-38-30(40(31)21-22-10-4-3-5-11-22)17-16-23-19-35-27-14-8-6-12-25(23)27/h3-15,19-20,29,35-36H,16-18,21,34H2,1-2H3,(H,37,41). The van der Waals surface area contributed by atoms with Crippen LogP contribution in [-0.2, 0) is 30.6 Å². The zero-order chi connectivity index (χ0) is 28.4. The second-order valence-corrected chi connectivity index (χ2v) is 11.2. The van der Waals surface area contributed by atoms with Crippen LogP contribution in [0.4, 0.5) is 0 Å². The van der Waals surface area contributed by atoms with Crippen LogP contribution in [0.3, 0.4) is 0 Å². The lowest BCUT2D eigenvalue weighted by Crippen LogP contribution is -2.50. The molecule has 1 amide bonds. The van der Waals surface area contributed by atoms with E-state index in [1.165, 1.54) is 10.9 Å². The highest BCUT2D eigenvalue weighted by molar-refractivity contribution is 5.86. The molecule has 0 saturated carbocycles. The number of para-hydroxylation sites is 2. The number of carbonyl (C=O) groups excluding carboxylic acids is 1. The van der Waals surface area contributed by atoms with Crippen molar-refractivity contribution in [3.8, 4) is 0 Å². The zero-order valence-corrected chi connectivity index (χ0v) is 23.4. The number of rotatable bonds is 10. The Balaban J connectivity index is 1.38. The fraction of sp³-hybridized carbons (Fsp3) is 0.242. The number of hydrogen-bond acceptors (Lipinski definition) is 4. The van der Waals surface area contributed by atoms with Gasteiger partial charge in [0.2, 0.25) is 5.91 Å². The van der Waals surface area contributed by atoms with Crippen LogP contribution in [0.15, 0.2) is 91.3 Å². The van der Waals surface area contributed by atoms with Gasteiger partial charge in [-0.1, -0.05) is 66.7 Å². The Labute approximate surface area is 239 Å². The minimum atomic E-state index is -1.04. The van der Waals surface area contributed by atoms with Crippen molar-refractivity contribution in [1.29, 1.82) is 0 Å². The minimum Gasteiger partial charge on any atom is -0.361 e. The van der Waals surface area contributed by atoms with E-state index in [2.05, 4.69) is 73.6 Å². The van der Waals surface area contributed by atoms with Gasteiger partial charge in [-0.25, -0.2) is 0 Å². The third-order valence-electron chi connectivity index (χ3n) is 7.63. The summed E-state index contributed by atoms with van der Waals surface area (Å²) in [6.45, 7) is 4.03. The van der Waals surface area contributed by atoms with Crippen LogP contribution in [0.2, 0.25) is 0 Å². The number of nitrogens with zero attached hydrogens (tertiary/aromatic N) is 3. The maximum Gasteiger partial charge on any atom is 0.240 e. The van der Waals surface area contributed by atoms with Gasteiger partial charge in [0.05, 0.1) is 18.1 Å². The van der Waals surface area contributed by atoms with E-state index in [0.29, 0.717) is 25.2 Å². The first-order valence-electron chi connectivity index (χ1n) is 14.0. The van der Waals surface area contributed by atoms with Crippen LogP contribution >= 0.6 is 0 Å². The number of aromatic amines is 2. The molecule has 8 heteroatoms. The quantitative estimate of drug-likeness (QED) is 0.189. The number of amides is 1. The molecule has 1 atom stereocenters. The largest absolute Gasteiger partial charge is 0.361 e. The summed E-state index contributed by atoms with van der Waals surface area (Å²) in [5, 5.41) is 14.9. The Hall–Kier alpha value is -4.69. The highest BCUT2D eigenvalue weighted by Gasteiger charge is 2.29. The summed E-state index contributed by atoms with van der Waals surface area (Å²) in [5.74, 6) is 1.35. The number of nitrogens with one attached hydrogen (secondary N) is 3. The molecule has 5 N–H and O–H groups in total. The highest BCUT2D eigenvalue weighted by Crippen LogP contribution is 2.26. The summed E-state index contributed by atoms with van der Waals surface area (Å²) in [4.78, 5) is 19.9. The van der Waals surface area contributed by atoms with Crippen LogP contribution < -0.4 is 11.1 Å². The third kappa shape index (κ3) is 5.64. The molecule has 0 fully saturated rings. The van der Waals surface area contributed by atoms with Crippen molar-refractivity contribution >= 4 is 27.7 Å². The van der Waals surface area contributed by atoms with Crippen molar-refractivity contribution in [3.05, 3.63) is 120 Å². The average Bonchev–Trinajstić information content (AvgIpc) is 3.69. The van der Waals surface area contributed by atoms with Gasteiger partial charge in [0.1, 0.15) is 5.82 Å². The molecule has 208 valence electrons. The monoisotopic (exact) mass is 545 g/mol. The molecule has 0 saturated heterocycles. The maximum atomic E-state index is 13.2. The lowest BCUT2D eigenvalue weighted by Gasteiger charge is -2.25. The number of H-pyrrole nitrogens is 2. The van der Waals surface area contributed by atoms with Crippen molar-refractivity contribution < 1.29 is 4.79 Å². The van der Waals surface area contributed by atoms with Gasteiger partial charge in [0.25, 0.3) is 0 Å². The van der Waals surface area contributed by atoms with Crippen molar-refractivity contribution in [2.24, 2.45) is 5.73 Å². The Morgan fingerprint density at radius 1 is 0.854 bits per heavy atom. The van der Waals surface area contributed by atoms with E-state index in [-0.39, 0.29) is 5.91 Å². The molecule has 0 spiro atoms. The lowest BCUT2D eigenvalue weighted by atomic mass is 10.0. The number of aryl methyl sites for hydroxylation is 2. The summed E-state index contributed by atoms with van der Waals surface area (Å²) in [5.41, 5.74) is 10.8. The fourth-order valence-electron chi connectivity index (χ4n) is 5.39. The third-order valence-corrected chi connectivity index (χ3v) is 7.63. The first-order valence-corrected chi connectivity index (χ1v) is 14.0. The van der Waals surface area contributed by atoms with Crippen molar-refractivity contribution in [3.63, 3.8) is 0 Å². The van der Waals surface area contributed by atoms with Gasteiger partial charge in [-0.3, -0.25) is 4.79 Å². The summed E-state index contributed by atoms with van der Waals surface area (Å²) < 4.78 is 2.16. The summed E-state index contributed by atoms with van der Waals surface area (Å²) in [6, 6.07) is 26.4. The van der Waals surface area contributed by atoms with Gasteiger partial charge in [-0.05, 0) is 49.1 Å². The van der Waals surface area contributed by atoms with Crippen LogP contribution in [0.5, 0.6) is 0 Å². The Kier molecular flexibility index (Phi) is 7.15. The van der Waals surface area contributed by atoms with E-state index < -0.39 is 11.6 Å². The first-order chi connectivity index (χ1) is 19.9. The molecular weight excluding hydrogens is 510 g/mol. The molecule has 1 unspecified atom stereocenters. The van der Waals surface area contributed by atoms with Crippen LogP contribution in [-0.4, -0.2) is 36.2 Å². The normalized spacial score (nSPS) is 12.7. The molecule has 3 aromatic heterocycles. The Bertz CT molecular complexity index is 1790. The summed E-state index contributed by atoms with van der Waals surface area (Å²) in [7, 11) is 0. The Morgan fingerprint density at radius 2 is 1.46 bits per heavy atom. The lowest BCUT2D eigenvalue weighted by molar-refractivity contribution is -0.126. The van der Waals surface area contributed by atoms with Gasteiger partial charge in [0.15, 0.2) is 5.82 Å². The van der Waals surface area contributed by atoms with E-state index in [9.17, 15) is 4.79 Å². The van der Waals surface area contributed by atoms with Crippen molar-refractivity contribution in [1.82, 2.24) is 30.0 Å². The molecular formula is C33H35N7O. The molecule has 8 nitrogen and oxygen atoms in total. The zero-order valence-electron chi connectivity index (χ0n) is 23.4. The number of fused-ring (bicyclic) bond motifs is 2. The van der Waals surface area contributed by atoms with Crippen LogP contribution in [0.25, 0.3) is 21.8 Å². The molecule has 6 rings (SSSR count). The first kappa shape index (κ1) is 26.5. The van der Waals surface area contributed by atoms with Gasteiger partial charge in [0, 0.05) is 47.0 Å². The summed E-state index contributed by atoms with van der Waals surface area (Å²) in [6.07, 6.45) is 6.14. The fourth-order valence-corrected chi connectivity index (χ4v) is 5.39. The maximum absolute atomic E-state index is 13.2. The van der Waals surface area contributed by atoms with Crippen LogP contribution in [0, 0.1) is 0 Å². The molecule has 0 aliphatic carbocycles. The van der Waals surface area contributed by atoms with Crippen molar-refractivity contribution in [2.45, 2.75) is 51.2 Å². The second-order valence-electron chi connectivity index (χ2n) is 11.2. The average molecular weight is 546 g/mol. The molecule has 0 radical (unpaired) electrons. The predicted octanol–water partition coefficient (Wildman–Crippen LogP) is 5.21. The molecule has 0 aliphatic rings. The van der Waals surface area contributed by atoms with E-state index in [4.69, 9.17) is 10.8 Å². The number of carbonyl (C=O) groups is 1. The van der Waals surface area contributed by atoms with Crippen molar-refractivity contribution in [2.75, 3.05) is 0 Å². The predicted molar refractivity (Wildman–Crippen MR) is 162 cm³/mol. The topological polar surface area (TPSA) is 117 Å². The highest BCUT2D eigenvalue weighted by atomic mass is 16.2. The second kappa shape index (κ2) is 11.1. The molecule has 0 aliphatic heterocycles. The smallest absolute Gasteiger partial charge is 0.240 e.